The molecule has 1 heterocycles. The van der Waals surface area contributed by atoms with Gasteiger partial charge < -0.3 is 18.6 Å². The smallest absolute Gasteiger partial charge is 0.413 e. The number of Topliss-reactive ketones (excluding diaryl/α,β-unsaturated/α-hetero) is 1. The Morgan fingerprint density at radius 3 is 2.24 bits per heavy atom. The molecule has 0 saturated carbocycles. The van der Waals surface area contributed by atoms with Crippen molar-refractivity contribution in [2.45, 2.75) is 110 Å². The normalized spacial score (nSPS) is 18.6. The first kappa shape index (κ1) is 30.9. The van der Waals surface area contributed by atoms with Gasteiger partial charge in [0.1, 0.15) is 23.2 Å². The fourth-order valence-electron chi connectivity index (χ4n) is 3.68. The molecule has 0 radical (unpaired) electrons. The summed E-state index contributed by atoms with van der Waals surface area (Å²) in [5.41, 5.74) is -0.534. The van der Waals surface area contributed by atoms with Crippen molar-refractivity contribution in [3.8, 4) is 17.6 Å². The second-order valence-corrected chi connectivity index (χ2v) is 17.3. The van der Waals surface area contributed by atoms with Crippen molar-refractivity contribution in [3.63, 3.8) is 0 Å². The number of benzene rings is 1. The molecule has 1 aromatic carbocycles. The van der Waals surface area contributed by atoms with Gasteiger partial charge in [0.25, 0.3) is 0 Å². The molecule has 1 aromatic rings. The average Bonchev–Trinajstić information content (AvgIpc) is 3.08. The van der Waals surface area contributed by atoms with Crippen molar-refractivity contribution in [1.29, 1.82) is 0 Å². The minimum atomic E-state index is -2.31. The SMILES string of the molecule is COc1ccc(CCC(=O)C#C[C@H](O[Si](C)(C)C(C)(C)C)[C@@H]2COC(C)(C)N2C(=O)OC(C)(C)C)cc1. The van der Waals surface area contributed by atoms with Crippen molar-refractivity contribution >= 4 is 20.2 Å². The maximum atomic E-state index is 13.3. The van der Waals surface area contributed by atoms with Crippen molar-refractivity contribution in [1.82, 2.24) is 4.90 Å². The molecule has 1 amide bonds. The molecule has 206 valence electrons. The van der Waals surface area contributed by atoms with Crippen LogP contribution in [0.4, 0.5) is 4.79 Å². The second-order valence-electron chi connectivity index (χ2n) is 12.5. The number of rotatable bonds is 7. The van der Waals surface area contributed by atoms with Gasteiger partial charge >= 0.3 is 6.09 Å². The van der Waals surface area contributed by atoms with E-state index in [1.807, 2.05) is 58.9 Å². The highest BCUT2D eigenvalue weighted by Gasteiger charge is 2.51. The molecule has 0 spiro atoms. The summed E-state index contributed by atoms with van der Waals surface area (Å²) in [6, 6.07) is 7.13. The van der Waals surface area contributed by atoms with Gasteiger partial charge in [-0.05, 0) is 82.8 Å². The van der Waals surface area contributed by atoms with Crippen LogP contribution in [0.5, 0.6) is 5.75 Å². The third kappa shape index (κ3) is 8.59. The highest BCUT2D eigenvalue weighted by molar-refractivity contribution is 6.74. The molecule has 37 heavy (non-hydrogen) atoms. The maximum absolute atomic E-state index is 13.3. The number of ketones is 1. The first-order valence-corrected chi connectivity index (χ1v) is 15.8. The van der Waals surface area contributed by atoms with Crippen LogP contribution in [0.2, 0.25) is 18.1 Å². The van der Waals surface area contributed by atoms with Crippen LogP contribution in [-0.4, -0.2) is 62.3 Å². The number of nitrogens with zero attached hydrogens (tertiary/aromatic N) is 1. The van der Waals surface area contributed by atoms with Crippen molar-refractivity contribution < 1.29 is 28.2 Å². The molecule has 0 N–H and O–H groups in total. The zero-order valence-electron chi connectivity index (χ0n) is 24.5. The van der Waals surface area contributed by atoms with E-state index in [0.717, 1.165) is 11.3 Å². The van der Waals surface area contributed by atoms with Crippen LogP contribution in [-0.2, 0) is 25.1 Å². The van der Waals surface area contributed by atoms with Crippen molar-refractivity contribution in [3.05, 3.63) is 29.8 Å². The number of aryl methyl sites for hydroxylation is 1. The van der Waals surface area contributed by atoms with E-state index in [2.05, 4.69) is 45.7 Å². The molecule has 1 saturated heterocycles. The molecule has 1 fully saturated rings. The summed E-state index contributed by atoms with van der Waals surface area (Å²) in [6.45, 7) is 20.1. The fraction of sp³-hybridized carbons (Fsp3) is 0.655. The van der Waals surface area contributed by atoms with E-state index in [1.54, 1.807) is 12.0 Å². The predicted molar refractivity (Wildman–Crippen MR) is 148 cm³/mol. The van der Waals surface area contributed by atoms with Crippen LogP contribution in [0.15, 0.2) is 24.3 Å². The molecule has 0 aliphatic carbocycles. The Morgan fingerprint density at radius 1 is 1.14 bits per heavy atom. The van der Waals surface area contributed by atoms with Crippen LogP contribution in [0.25, 0.3) is 0 Å². The molecule has 2 atom stereocenters. The third-order valence-corrected chi connectivity index (χ3v) is 11.3. The molecule has 1 aliphatic rings. The number of carbonyl (C=O) groups excluding carboxylic acids is 2. The Bertz CT molecular complexity index is 1010. The molecular weight excluding hydrogens is 486 g/mol. The fourth-order valence-corrected chi connectivity index (χ4v) is 4.89. The van der Waals surface area contributed by atoms with Gasteiger partial charge in [0.05, 0.1) is 19.8 Å². The maximum Gasteiger partial charge on any atom is 0.413 e. The minimum absolute atomic E-state index is 0.0863. The summed E-state index contributed by atoms with van der Waals surface area (Å²) >= 11 is 0. The first-order valence-electron chi connectivity index (χ1n) is 12.9. The standard InChI is InChI=1S/C29H45NO6Si/c1-27(2,3)35-26(32)30-24(20-34-29(30,7)8)25(36-37(10,11)28(4,5)6)19-16-22(31)15-12-21-13-17-23(33-9)18-14-21/h13-14,17-18,24-25H,12,15,20H2,1-11H3/t24-,25-/m0/s1. The second kappa shape index (κ2) is 11.6. The average molecular weight is 532 g/mol. The van der Waals surface area contributed by atoms with E-state index in [-0.39, 0.29) is 23.8 Å². The van der Waals surface area contributed by atoms with Crippen molar-refractivity contribution in [2.75, 3.05) is 13.7 Å². The van der Waals surface area contributed by atoms with Crippen LogP contribution in [0, 0.1) is 11.8 Å². The quantitative estimate of drug-likeness (QED) is 0.245. The Hall–Kier alpha value is -2.34. The molecule has 0 bridgehead atoms. The number of amides is 1. The summed E-state index contributed by atoms with van der Waals surface area (Å²) in [6.07, 6.45) is -0.319. The summed E-state index contributed by atoms with van der Waals surface area (Å²) in [7, 11) is -0.683. The Kier molecular flexibility index (Phi) is 9.67. The van der Waals surface area contributed by atoms with Gasteiger partial charge in [-0.3, -0.25) is 9.69 Å². The lowest BCUT2D eigenvalue weighted by Crippen LogP contribution is -2.56. The van der Waals surface area contributed by atoms with E-state index in [1.165, 1.54) is 0 Å². The largest absolute Gasteiger partial charge is 0.497 e. The lowest BCUT2D eigenvalue weighted by molar-refractivity contribution is -0.113. The van der Waals surface area contributed by atoms with Gasteiger partial charge in [0, 0.05) is 6.42 Å². The topological polar surface area (TPSA) is 74.3 Å². The van der Waals surface area contributed by atoms with Crippen molar-refractivity contribution in [2.24, 2.45) is 0 Å². The monoisotopic (exact) mass is 531 g/mol. The van der Waals surface area contributed by atoms with Crippen LogP contribution < -0.4 is 4.74 Å². The molecule has 1 aliphatic heterocycles. The Labute approximate surface area is 224 Å². The predicted octanol–water partition coefficient (Wildman–Crippen LogP) is 5.96. The van der Waals surface area contributed by atoms with Gasteiger partial charge in [0.2, 0.25) is 5.78 Å². The van der Waals surface area contributed by atoms with Gasteiger partial charge in [0.15, 0.2) is 8.32 Å². The lowest BCUT2D eigenvalue weighted by Gasteiger charge is -2.41. The number of hydrogen-bond donors (Lipinski definition) is 0. The summed E-state index contributed by atoms with van der Waals surface area (Å²) in [5.74, 6) is 6.50. The number of ether oxygens (including phenoxy) is 3. The van der Waals surface area contributed by atoms with E-state index >= 15 is 0 Å². The molecule has 0 aromatic heterocycles. The molecular formula is C29H45NO6Si. The first-order chi connectivity index (χ1) is 16.9. The molecule has 0 unspecified atom stereocenters. The Balaban J connectivity index is 2.31. The molecule has 2 rings (SSSR count). The van der Waals surface area contributed by atoms with E-state index in [4.69, 9.17) is 18.6 Å². The summed E-state index contributed by atoms with van der Waals surface area (Å²) < 4.78 is 23.6. The third-order valence-electron chi connectivity index (χ3n) is 6.84. The minimum Gasteiger partial charge on any atom is -0.497 e. The number of methoxy groups -OCH3 is 1. The van der Waals surface area contributed by atoms with Gasteiger partial charge in [-0.1, -0.05) is 38.8 Å². The van der Waals surface area contributed by atoms with Crippen LogP contribution in [0.3, 0.4) is 0 Å². The van der Waals surface area contributed by atoms with E-state index in [0.29, 0.717) is 6.42 Å². The number of hydrogen-bond acceptors (Lipinski definition) is 6. The van der Waals surface area contributed by atoms with Gasteiger partial charge in [-0.15, -0.1) is 0 Å². The lowest BCUT2D eigenvalue weighted by atomic mass is 10.1. The zero-order chi connectivity index (χ0) is 28.2. The Morgan fingerprint density at radius 2 is 1.73 bits per heavy atom. The van der Waals surface area contributed by atoms with Gasteiger partial charge in [-0.25, -0.2) is 4.79 Å². The van der Waals surface area contributed by atoms with Crippen LogP contribution >= 0.6 is 0 Å². The van der Waals surface area contributed by atoms with Gasteiger partial charge in [-0.2, -0.15) is 0 Å². The van der Waals surface area contributed by atoms with Crippen LogP contribution in [0.1, 0.15) is 67.4 Å². The summed E-state index contributed by atoms with van der Waals surface area (Å²) in [4.78, 5) is 27.6. The molecule has 8 heteroatoms. The summed E-state index contributed by atoms with van der Waals surface area (Å²) in [5, 5.41) is -0.0863. The molecule has 7 nitrogen and oxygen atoms in total. The highest BCUT2D eigenvalue weighted by Crippen LogP contribution is 2.39. The highest BCUT2D eigenvalue weighted by atomic mass is 28.4. The van der Waals surface area contributed by atoms with E-state index in [9.17, 15) is 9.59 Å². The van der Waals surface area contributed by atoms with E-state index < -0.39 is 37.9 Å². The number of carbonyl (C=O) groups is 2. The zero-order valence-corrected chi connectivity index (χ0v) is 25.5.